The third-order valence-electron chi connectivity index (χ3n) is 5.25. The van der Waals surface area contributed by atoms with Crippen molar-refractivity contribution in [2.75, 3.05) is 0 Å². The Morgan fingerprint density at radius 2 is 1.67 bits per heavy atom. The van der Waals surface area contributed by atoms with Gasteiger partial charge in [0.1, 0.15) is 0 Å². The summed E-state index contributed by atoms with van der Waals surface area (Å²) in [5.74, 6) is -0.378. The SMILES string of the molecule is CCCCC/C=C/C[C@@H]1[C@@H](CCCCCCC(=O)O)[C@@H](O)C[C@H]1O. The molecule has 0 bridgehead atoms. The molecule has 0 aromatic carbocycles. The number of aliphatic hydroxyl groups is 2. The molecular formula is C20H36O4. The van der Waals surface area contributed by atoms with E-state index in [0.717, 1.165) is 44.9 Å². The van der Waals surface area contributed by atoms with Gasteiger partial charge in [-0.25, -0.2) is 0 Å². The Bertz CT molecular complexity index is 367. The lowest BCUT2D eigenvalue weighted by atomic mass is 9.86. The van der Waals surface area contributed by atoms with Gasteiger partial charge in [-0.05, 0) is 50.4 Å². The van der Waals surface area contributed by atoms with E-state index >= 15 is 0 Å². The standard InChI is InChI=1S/C20H36O4/c1-2-3-4-5-6-9-12-16-17(19(22)15-18(16)21)13-10-7-8-11-14-20(23)24/h6,9,16-19,21-22H,2-5,7-8,10-15H2,1H3,(H,23,24)/b9-6+/t16-,17-,18-,19+/m1/s1. The zero-order valence-electron chi connectivity index (χ0n) is 15.2. The molecule has 0 aromatic rings. The van der Waals surface area contributed by atoms with Crippen molar-refractivity contribution in [3.05, 3.63) is 12.2 Å². The van der Waals surface area contributed by atoms with Gasteiger partial charge in [-0.1, -0.05) is 51.2 Å². The van der Waals surface area contributed by atoms with Crippen LogP contribution >= 0.6 is 0 Å². The fraction of sp³-hybridized carbons (Fsp3) is 0.850. The van der Waals surface area contributed by atoms with Gasteiger partial charge in [0.25, 0.3) is 0 Å². The summed E-state index contributed by atoms with van der Waals surface area (Å²) in [4.78, 5) is 10.5. The zero-order chi connectivity index (χ0) is 17.8. The maximum atomic E-state index is 10.5. The normalized spacial score (nSPS) is 27.1. The largest absolute Gasteiger partial charge is 0.481 e. The van der Waals surface area contributed by atoms with Crippen LogP contribution < -0.4 is 0 Å². The average molecular weight is 341 g/mol. The van der Waals surface area contributed by atoms with Crippen molar-refractivity contribution in [2.24, 2.45) is 11.8 Å². The molecule has 140 valence electrons. The quantitative estimate of drug-likeness (QED) is 0.345. The highest BCUT2D eigenvalue weighted by atomic mass is 16.4. The van der Waals surface area contributed by atoms with Crippen molar-refractivity contribution in [2.45, 2.75) is 96.2 Å². The van der Waals surface area contributed by atoms with E-state index in [-0.39, 0.29) is 18.3 Å². The monoisotopic (exact) mass is 340 g/mol. The molecule has 3 N–H and O–H groups in total. The first-order chi connectivity index (χ1) is 11.6. The Kier molecular flexibility index (Phi) is 11.0. The van der Waals surface area contributed by atoms with Crippen LogP contribution in [-0.4, -0.2) is 33.5 Å². The Morgan fingerprint density at radius 1 is 0.958 bits per heavy atom. The summed E-state index contributed by atoms with van der Waals surface area (Å²) in [5, 5.41) is 29.1. The summed E-state index contributed by atoms with van der Waals surface area (Å²) < 4.78 is 0. The molecule has 24 heavy (non-hydrogen) atoms. The van der Waals surface area contributed by atoms with Gasteiger partial charge in [0, 0.05) is 6.42 Å². The lowest BCUT2D eigenvalue weighted by Gasteiger charge is -2.22. The van der Waals surface area contributed by atoms with E-state index in [1.165, 1.54) is 19.3 Å². The molecule has 1 fully saturated rings. The minimum atomic E-state index is -0.727. The molecule has 0 aromatic heterocycles. The molecular weight excluding hydrogens is 304 g/mol. The molecule has 0 aliphatic heterocycles. The van der Waals surface area contributed by atoms with Crippen molar-refractivity contribution in [1.82, 2.24) is 0 Å². The topological polar surface area (TPSA) is 77.8 Å². The van der Waals surface area contributed by atoms with E-state index in [1.807, 2.05) is 0 Å². The first kappa shape index (κ1) is 21.2. The molecule has 0 saturated heterocycles. The molecule has 4 atom stereocenters. The fourth-order valence-corrected chi connectivity index (χ4v) is 3.80. The number of unbranched alkanes of at least 4 members (excludes halogenated alkanes) is 6. The van der Waals surface area contributed by atoms with Crippen LogP contribution in [0.1, 0.15) is 84.0 Å². The highest BCUT2D eigenvalue weighted by Crippen LogP contribution is 2.38. The highest BCUT2D eigenvalue weighted by molar-refractivity contribution is 5.66. The predicted molar refractivity (Wildman–Crippen MR) is 96.8 cm³/mol. The van der Waals surface area contributed by atoms with Gasteiger partial charge < -0.3 is 15.3 Å². The number of hydrogen-bond donors (Lipinski definition) is 3. The van der Waals surface area contributed by atoms with Crippen LogP contribution in [0.4, 0.5) is 0 Å². The molecule has 1 rings (SSSR count). The van der Waals surface area contributed by atoms with Crippen molar-refractivity contribution in [3.8, 4) is 0 Å². The molecule has 0 amide bonds. The lowest BCUT2D eigenvalue weighted by molar-refractivity contribution is -0.137. The lowest BCUT2D eigenvalue weighted by Crippen LogP contribution is -2.21. The van der Waals surface area contributed by atoms with Crippen LogP contribution in [0.3, 0.4) is 0 Å². The smallest absolute Gasteiger partial charge is 0.303 e. The zero-order valence-corrected chi connectivity index (χ0v) is 15.2. The van der Waals surface area contributed by atoms with Gasteiger partial charge in [-0.2, -0.15) is 0 Å². The average Bonchev–Trinajstić information content (AvgIpc) is 2.80. The van der Waals surface area contributed by atoms with E-state index in [1.54, 1.807) is 0 Å². The van der Waals surface area contributed by atoms with Crippen molar-refractivity contribution in [1.29, 1.82) is 0 Å². The summed E-state index contributed by atoms with van der Waals surface area (Å²) in [6.07, 6.45) is 14.6. The molecule has 4 heteroatoms. The second-order valence-corrected chi connectivity index (χ2v) is 7.25. The molecule has 0 heterocycles. The summed E-state index contributed by atoms with van der Waals surface area (Å²) >= 11 is 0. The van der Waals surface area contributed by atoms with E-state index < -0.39 is 18.2 Å². The van der Waals surface area contributed by atoms with Crippen LogP contribution in [0.25, 0.3) is 0 Å². The molecule has 4 nitrogen and oxygen atoms in total. The Hall–Kier alpha value is -0.870. The molecule has 0 radical (unpaired) electrons. The maximum Gasteiger partial charge on any atom is 0.303 e. The number of carboxylic acids is 1. The van der Waals surface area contributed by atoms with E-state index in [0.29, 0.717) is 6.42 Å². The fourth-order valence-electron chi connectivity index (χ4n) is 3.80. The minimum absolute atomic E-state index is 0.168. The second kappa shape index (κ2) is 12.5. The number of carboxylic acid groups (broad SMARTS) is 1. The van der Waals surface area contributed by atoms with E-state index in [2.05, 4.69) is 19.1 Å². The van der Waals surface area contributed by atoms with Crippen molar-refractivity contribution >= 4 is 5.97 Å². The van der Waals surface area contributed by atoms with Gasteiger partial charge >= 0.3 is 5.97 Å². The number of rotatable bonds is 13. The molecule has 0 unspecified atom stereocenters. The van der Waals surface area contributed by atoms with Crippen LogP contribution in [0.2, 0.25) is 0 Å². The van der Waals surface area contributed by atoms with Crippen LogP contribution in [-0.2, 0) is 4.79 Å². The Labute approximate surface area is 147 Å². The number of carbonyl (C=O) groups is 1. The molecule has 1 saturated carbocycles. The van der Waals surface area contributed by atoms with Crippen LogP contribution in [0, 0.1) is 11.8 Å². The predicted octanol–water partition coefficient (Wildman–Crippen LogP) is 4.30. The molecule has 0 spiro atoms. The van der Waals surface area contributed by atoms with E-state index in [9.17, 15) is 15.0 Å². The molecule has 1 aliphatic rings. The summed E-state index contributed by atoms with van der Waals surface area (Å²) in [6.45, 7) is 2.20. The van der Waals surface area contributed by atoms with Crippen LogP contribution in [0.15, 0.2) is 12.2 Å². The summed E-state index contributed by atoms with van der Waals surface area (Å²) in [7, 11) is 0. The summed E-state index contributed by atoms with van der Waals surface area (Å²) in [5.41, 5.74) is 0. The maximum absolute atomic E-state index is 10.5. The summed E-state index contributed by atoms with van der Waals surface area (Å²) in [6, 6.07) is 0. The third kappa shape index (κ3) is 8.29. The number of allylic oxidation sites excluding steroid dienone is 2. The first-order valence-electron chi connectivity index (χ1n) is 9.79. The first-order valence-corrected chi connectivity index (χ1v) is 9.79. The van der Waals surface area contributed by atoms with Gasteiger partial charge in [0.15, 0.2) is 0 Å². The van der Waals surface area contributed by atoms with Gasteiger partial charge in [0.2, 0.25) is 0 Å². The van der Waals surface area contributed by atoms with Crippen molar-refractivity contribution < 1.29 is 20.1 Å². The third-order valence-corrected chi connectivity index (χ3v) is 5.25. The highest BCUT2D eigenvalue weighted by Gasteiger charge is 2.40. The van der Waals surface area contributed by atoms with Crippen molar-refractivity contribution in [3.63, 3.8) is 0 Å². The van der Waals surface area contributed by atoms with E-state index in [4.69, 9.17) is 5.11 Å². The van der Waals surface area contributed by atoms with Crippen LogP contribution in [0.5, 0.6) is 0 Å². The second-order valence-electron chi connectivity index (χ2n) is 7.25. The number of aliphatic hydroxyl groups excluding tert-OH is 2. The Morgan fingerprint density at radius 3 is 2.38 bits per heavy atom. The van der Waals surface area contributed by atoms with Gasteiger partial charge in [-0.15, -0.1) is 0 Å². The van der Waals surface area contributed by atoms with Gasteiger partial charge in [-0.3, -0.25) is 4.79 Å². The minimum Gasteiger partial charge on any atom is -0.481 e. The number of aliphatic carboxylic acids is 1. The molecule has 1 aliphatic carbocycles. The van der Waals surface area contributed by atoms with Gasteiger partial charge in [0.05, 0.1) is 12.2 Å². The Balaban J connectivity index is 2.27. The number of hydrogen-bond acceptors (Lipinski definition) is 3.